The summed E-state index contributed by atoms with van der Waals surface area (Å²) in [6.07, 6.45) is 0. The molecule has 1 fully saturated rings. The lowest BCUT2D eigenvalue weighted by Gasteiger charge is -2.35. The molecule has 0 radical (unpaired) electrons. The van der Waals surface area contributed by atoms with Crippen LogP contribution in [0.5, 0.6) is 11.5 Å². The molecule has 5 heteroatoms. The largest absolute Gasteiger partial charge is 0.486 e. The summed E-state index contributed by atoms with van der Waals surface area (Å²) in [4.78, 5) is 4.64. The Bertz CT molecular complexity index is 442. The quantitative estimate of drug-likeness (QED) is 0.746. The number of rotatable bonds is 1. The summed E-state index contributed by atoms with van der Waals surface area (Å²) < 4.78 is 11.1. The Morgan fingerprint density at radius 2 is 1.61 bits per heavy atom. The molecule has 0 amide bonds. The van der Waals surface area contributed by atoms with E-state index in [4.69, 9.17) is 15.2 Å². The zero-order chi connectivity index (χ0) is 12.5. The molecular weight excluding hydrogens is 230 g/mol. The molecule has 0 saturated carbocycles. The van der Waals surface area contributed by atoms with E-state index >= 15 is 0 Å². The molecule has 0 bridgehead atoms. The Labute approximate surface area is 107 Å². The molecule has 0 aromatic heterocycles. The molecule has 3 rings (SSSR count). The first kappa shape index (κ1) is 11.5. The number of piperazine rings is 1. The van der Waals surface area contributed by atoms with Crippen LogP contribution >= 0.6 is 0 Å². The molecule has 0 spiro atoms. The molecule has 1 saturated heterocycles. The van der Waals surface area contributed by atoms with Gasteiger partial charge in [0.15, 0.2) is 11.5 Å². The first-order valence-corrected chi connectivity index (χ1v) is 6.36. The van der Waals surface area contributed by atoms with Gasteiger partial charge >= 0.3 is 0 Å². The summed E-state index contributed by atoms with van der Waals surface area (Å²) in [5.74, 6) is 1.57. The van der Waals surface area contributed by atoms with Crippen LogP contribution in [-0.4, -0.2) is 51.3 Å². The number of hydrogen-bond donors (Lipinski definition) is 1. The maximum Gasteiger partial charge on any atom is 0.163 e. The number of anilines is 2. The summed E-state index contributed by atoms with van der Waals surface area (Å²) in [5.41, 5.74) is 7.95. The number of likely N-dealkylation sites (N-methyl/N-ethyl adjacent to an activating group) is 1. The van der Waals surface area contributed by atoms with Crippen LogP contribution in [0.1, 0.15) is 0 Å². The van der Waals surface area contributed by atoms with E-state index in [9.17, 15) is 0 Å². The minimum atomic E-state index is 0.598. The van der Waals surface area contributed by atoms with E-state index < -0.39 is 0 Å². The molecule has 1 aromatic carbocycles. The molecule has 0 aliphatic carbocycles. The van der Waals surface area contributed by atoms with Gasteiger partial charge in [0.05, 0.1) is 11.4 Å². The molecule has 0 unspecified atom stereocenters. The van der Waals surface area contributed by atoms with E-state index in [1.54, 1.807) is 0 Å². The fourth-order valence-electron chi connectivity index (χ4n) is 2.41. The van der Waals surface area contributed by atoms with Crippen molar-refractivity contribution in [1.82, 2.24) is 4.90 Å². The second-order valence-electron chi connectivity index (χ2n) is 4.85. The molecule has 1 aromatic rings. The lowest BCUT2D eigenvalue weighted by molar-refractivity contribution is 0.171. The highest BCUT2D eigenvalue weighted by Gasteiger charge is 2.20. The van der Waals surface area contributed by atoms with Crippen molar-refractivity contribution in [2.75, 3.05) is 57.1 Å². The average Bonchev–Trinajstić information content (AvgIpc) is 2.39. The van der Waals surface area contributed by atoms with Crippen molar-refractivity contribution in [1.29, 1.82) is 0 Å². The van der Waals surface area contributed by atoms with Gasteiger partial charge < -0.3 is 25.0 Å². The number of ether oxygens (including phenoxy) is 2. The predicted molar refractivity (Wildman–Crippen MR) is 71.6 cm³/mol. The minimum absolute atomic E-state index is 0.598. The fourth-order valence-corrected chi connectivity index (χ4v) is 2.41. The van der Waals surface area contributed by atoms with Crippen LogP contribution in [0.25, 0.3) is 0 Å². The van der Waals surface area contributed by atoms with Gasteiger partial charge in [-0.15, -0.1) is 0 Å². The number of hydrogen-bond acceptors (Lipinski definition) is 5. The van der Waals surface area contributed by atoms with E-state index in [0.717, 1.165) is 49.1 Å². The van der Waals surface area contributed by atoms with Crippen LogP contribution in [0.3, 0.4) is 0 Å². The summed E-state index contributed by atoms with van der Waals surface area (Å²) in [6.45, 7) is 5.34. The van der Waals surface area contributed by atoms with Crippen LogP contribution in [0.15, 0.2) is 12.1 Å². The summed E-state index contributed by atoms with van der Waals surface area (Å²) in [7, 11) is 2.14. The Kier molecular flexibility index (Phi) is 2.91. The van der Waals surface area contributed by atoms with Crippen LogP contribution in [0.4, 0.5) is 11.4 Å². The zero-order valence-electron chi connectivity index (χ0n) is 10.7. The third-order valence-corrected chi connectivity index (χ3v) is 3.54. The monoisotopic (exact) mass is 249 g/mol. The van der Waals surface area contributed by atoms with E-state index in [1.165, 1.54) is 0 Å². The van der Waals surface area contributed by atoms with Gasteiger partial charge in [-0.3, -0.25) is 0 Å². The van der Waals surface area contributed by atoms with E-state index in [2.05, 4.69) is 16.8 Å². The number of fused-ring (bicyclic) bond motifs is 1. The number of benzene rings is 1. The first-order chi connectivity index (χ1) is 8.74. The van der Waals surface area contributed by atoms with Crippen molar-refractivity contribution in [2.45, 2.75) is 0 Å². The molecule has 0 atom stereocenters. The second-order valence-corrected chi connectivity index (χ2v) is 4.85. The summed E-state index contributed by atoms with van der Waals surface area (Å²) in [5, 5.41) is 0. The lowest BCUT2D eigenvalue weighted by Crippen LogP contribution is -2.44. The Balaban J connectivity index is 1.87. The average molecular weight is 249 g/mol. The SMILES string of the molecule is CN1CCN(c2cc3c(cc2N)OCCO3)CC1. The van der Waals surface area contributed by atoms with Gasteiger partial charge in [-0.2, -0.15) is 0 Å². The highest BCUT2D eigenvalue weighted by molar-refractivity contribution is 5.73. The predicted octanol–water partition coefficient (Wildman–Crippen LogP) is 0.792. The fraction of sp³-hybridized carbons (Fsp3) is 0.538. The number of nitrogen functional groups attached to an aromatic ring is 1. The number of nitrogens with zero attached hydrogens (tertiary/aromatic N) is 2. The Morgan fingerprint density at radius 3 is 2.28 bits per heavy atom. The van der Waals surface area contributed by atoms with Gasteiger partial charge in [-0.05, 0) is 7.05 Å². The summed E-state index contributed by atoms with van der Waals surface area (Å²) in [6, 6.07) is 3.89. The van der Waals surface area contributed by atoms with Crippen molar-refractivity contribution in [2.24, 2.45) is 0 Å². The highest BCUT2D eigenvalue weighted by atomic mass is 16.6. The topological polar surface area (TPSA) is 51.0 Å². The molecular formula is C13H19N3O2. The maximum absolute atomic E-state index is 6.12. The van der Waals surface area contributed by atoms with Gasteiger partial charge in [0, 0.05) is 38.3 Å². The second kappa shape index (κ2) is 4.57. The Hall–Kier alpha value is -1.62. The third kappa shape index (κ3) is 2.06. The molecule has 18 heavy (non-hydrogen) atoms. The van der Waals surface area contributed by atoms with Crippen LogP contribution in [0, 0.1) is 0 Å². The molecule has 2 N–H and O–H groups in total. The van der Waals surface area contributed by atoms with Crippen LogP contribution < -0.4 is 20.1 Å². The summed E-state index contributed by atoms with van der Waals surface area (Å²) >= 11 is 0. The van der Waals surface area contributed by atoms with Crippen LogP contribution in [0.2, 0.25) is 0 Å². The van der Waals surface area contributed by atoms with Gasteiger partial charge in [-0.1, -0.05) is 0 Å². The smallest absolute Gasteiger partial charge is 0.163 e. The van der Waals surface area contributed by atoms with Crippen molar-refractivity contribution < 1.29 is 9.47 Å². The standard InChI is InChI=1S/C13H19N3O2/c1-15-2-4-16(5-3-15)11-9-13-12(8-10(11)14)17-6-7-18-13/h8-9H,2-7,14H2,1H3. The third-order valence-electron chi connectivity index (χ3n) is 3.54. The van der Waals surface area contributed by atoms with Crippen molar-refractivity contribution in [3.05, 3.63) is 12.1 Å². The van der Waals surface area contributed by atoms with Crippen molar-refractivity contribution in [3.63, 3.8) is 0 Å². The van der Waals surface area contributed by atoms with E-state index in [1.807, 2.05) is 12.1 Å². The number of nitrogens with two attached hydrogens (primary N) is 1. The van der Waals surface area contributed by atoms with Crippen LogP contribution in [-0.2, 0) is 0 Å². The van der Waals surface area contributed by atoms with Gasteiger partial charge in [0.1, 0.15) is 13.2 Å². The van der Waals surface area contributed by atoms with Gasteiger partial charge in [-0.25, -0.2) is 0 Å². The first-order valence-electron chi connectivity index (χ1n) is 6.36. The molecule has 5 nitrogen and oxygen atoms in total. The molecule has 2 aliphatic rings. The van der Waals surface area contributed by atoms with Crippen molar-refractivity contribution in [3.8, 4) is 11.5 Å². The molecule has 2 heterocycles. The molecule has 2 aliphatic heterocycles. The Morgan fingerprint density at radius 1 is 1.00 bits per heavy atom. The van der Waals surface area contributed by atoms with E-state index in [-0.39, 0.29) is 0 Å². The lowest BCUT2D eigenvalue weighted by atomic mass is 10.2. The van der Waals surface area contributed by atoms with E-state index in [0.29, 0.717) is 13.2 Å². The molecule has 98 valence electrons. The minimum Gasteiger partial charge on any atom is -0.486 e. The van der Waals surface area contributed by atoms with Gasteiger partial charge in [0.2, 0.25) is 0 Å². The normalized spacial score (nSPS) is 19.9. The van der Waals surface area contributed by atoms with Crippen molar-refractivity contribution >= 4 is 11.4 Å². The highest BCUT2D eigenvalue weighted by Crippen LogP contribution is 2.38. The maximum atomic E-state index is 6.12. The zero-order valence-corrected chi connectivity index (χ0v) is 10.7. The van der Waals surface area contributed by atoms with Gasteiger partial charge in [0.25, 0.3) is 0 Å².